The molecular formula is C18H19ClF3N3O2S. The minimum Gasteiger partial charge on any atom is -0.344 e. The van der Waals surface area contributed by atoms with E-state index in [1.807, 2.05) is 18.4 Å². The first-order valence-electron chi connectivity index (χ1n) is 8.11. The largest absolute Gasteiger partial charge is 0.417 e. The number of halogens is 4. The van der Waals surface area contributed by atoms with E-state index in [0.717, 1.165) is 18.5 Å². The van der Waals surface area contributed by atoms with Crippen molar-refractivity contribution in [3.8, 4) is 11.1 Å². The average molecular weight is 434 g/mol. The Morgan fingerprint density at radius 1 is 1.14 bits per heavy atom. The summed E-state index contributed by atoms with van der Waals surface area (Å²) in [5.74, 6) is 0. The van der Waals surface area contributed by atoms with Gasteiger partial charge in [-0.3, -0.25) is 9.71 Å². The quantitative estimate of drug-likeness (QED) is 0.622. The van der Waals surface area contributed by atoms with Gasteiger partial charge in [-0.1, -0.05) is 6.07 Å². The SMILES string of the molecule is CC(C)n1cc(-c2cncc(C(F)(F)F)c2)c2ccc(NS(C)(=O)=O)cc21.Cl. The van der Waals surface area contributed by atoms with Crippen molar-refractivity contribution in [3.63, 3.8) is 0 Å². The molecule has 152 valence electrons. The molecule has 10 heteroatoms. The summed E-state index contributed by atoms with van der Waals surface area (Å²) in [6.07, 6.45) is 0.512. The highest BCUT2D eigenvalue weighted by molar-refractivity contribution is 7.92. The molecule has 1 aromatic carbocycles. The summed E-state index contributed by atoms with van der Waals surface area (Å²) >= 11 is 0. The number of anilines is 1. The number of benzene rings is 1. The maximum absolute atomic E-state index is 13.0. The van der Waals surface area contributed by atoms with Gasteiger partial charge in [0.15, 0.2) is 0 Å². The molecule has 0 unspecified atom stereocenters. The molecule has 0 aliphatic heterocycles. The Labute approximate surface area is 167 Å². The molecule has 0 atom stereocenters. The van der Waals surface area contributed by atoms with E-state index in [1.165, 1.54) is 6.20 Å². The van der Waals surface area contributed by atoms with E-state index in [2.05, 4.69) is 9.71 Å². The molecule has 28 heavy (non-hydrogen) atoms. The number of sulfonamides is 1. The van der Waals surface area contributed by atoms with Gasteiger partial charge in [0.1, 0.15) is 0 Å². The predicted octanol–water partition coefficient (Wildman–Crippen LogP) is 5.10. The van der Waals surface area contributed by atoms with E-state index in [-0.39, 0.29) is 18.4 Å². The molecule has 3 rings (SSSR count). The standard InChI is InChI=1S/C18H18F3N3O2S.ClH/c1-11(2)24-10-16(12-6-13(9-22-8-12)18(19,20)21)15-5-4-14(7-17(15)24)23-27(3,25)26;/h4-11,23H,1-3H3;1H. The van der Waals surface area contributed by atoms with Crippen LogP contribution in [0.4, 0.5) is 18.9 Å². The molecule has 5 nitrogen and oxygen atoms in total. The van der Waals surface area contributed by atoms with Gasteiger partial charge in [-0.25, -0.2) is 8.42 Å². The maximum atomic E-state index is 13.0. The van der Waals surface area contributed by atoms with E-state index in [9.17, 15) is 21.6 Å². The number of nitrogens with one attached hydrogen (secondary N) is 1. The summed E-state index contributed by atoms with van der Waals surface area (Å²) in [7, 11) is -3.44. The van der Waals surface area contributed by atoms with Crippen LogP contribution in [0.2, 0.25) is 0 Å². The van der Waals surface area contributed by atoms with Crippen LogP contribution in [0.15, 0.2) is 42.9 Å². The number of pyridine rings is 1. The molecule has 0 fully saturated rings. The van der Waals surface area contributed by atoms with Gasteiger partial charge < -0.3 is 4.57 Å². The predicted molar refractivity (Wildman–Crippen MR) is 106 cm³/mol. The van der Waals surface area contributed by atoms with E-state index < -0.39 is 21.8 Å². The van der Waals surface area contributed by atoms with Crippen LogP contribution < -0.4 is 4.72 Å². The van der Waals surface area contributed by atoms with Crippen molar-refractivity contribution >= 4 is 39.0 Å². The van der Waals surface area contributed by atoms with Crippen LogP contribution in [0, 0.1) is 0 Å². The number of rotatable bonds is 4. The second kappa shape index (κ2) is 7.63. The Morgan fingerprint density at radius 2 is 1.82 bits per heavy atom. The summed E-state index contributed by atoms with van der Waals surface area (Å²) in [4.78, 5) is 3.73. The highest BCUT2D eigenvalue weighted by atomic mass is 35.5. The molecule has 0 aliphatic carbocycles. The summed E-state index contributed by atoms with van der Waals surface area (Å²) < 4.78 is 66.4. The third-order valence-electron chi connectivity index (χ3n) is 4.07. The Kier molecular flexibility index (Phi) is 6.01. The number of hydrogen-bond acceptors (Lipinski definition) is 3. The summed E-state index contributed by atoms with van der Waals surface area (Å²) in [5, 5.41) is 0.712. The summed E-state index contributed by atoms with van der Waals surface area (Å²) in [6, 6.07) is 6.03. The normalized spacial score (nSPS) is 12.2. The van der Waals surface area contributed by atoms with E-state index >= 15 is 0 Å². The van der Waals surface area contributed by atoms with Gasteiger partial charge in [0.2, 0.25) is 10.0 Å². The van der Waals surface area contributed by atoms with E-state index in [1.54, 1.807) is 24.4 Å². The zero-order valence-electron chi connectivity index (χ0n) is 15.3. The zero-order chi connectivity index (χ0) is 20.0. The molecule has 0 amide bonds. The highest BCUT2D eigenvalue weighted by Gasteiger charge is 2.31. The lowest BCUT2D eigenvalue weighted by Crippen LogP contribution is -2.09. The van der Waals surface area contributed by atoms with Crippen molar-refractivity contribution < 1.29 is 21.6 Å². The Balaban J connectivity index is 0.00000280. The van der Waals surface area contributed by atoms with Gasteiger partial charge >= 0.3 is 6.18 Å². The second-order valence-electron chi connectivity index (χ2n) is 6.61. The number of fused-ring (bicyclic) bond motifs is 1. The highest BCUT2D eigenvalue weighted by Crippen LogP contribution is 2.36. The average Bonchev–Trinajstić information content (AvgIpc) is 2.91. The molecule has 2 heterocycles. The van der Waals surface area contributed by atoms with Crippen molar-refractivity contribution in [2.24, 2.45) is 0 Å². The van der Waals surface area contributed by atoms with Crippen molar-refractivity contribution in [2.45, 2.75) is 26.1 Å². The number of nitrogens with zero attached hydrogens (tertiary/aromatic N) is 2. The minimum atomic E-state index is -4.48. The van der Waals surface area contributed by atoms with Crippen molar-refractivity contribution in [1.82, 2.24) is 9.55 Å². The van der Waals surface area contributed by atoms with Gasteiger partial charge in [-0.15, -0.1) is 12.4 Å². The van der Waals surface area contributed by atoms with E-state index in [0.29, 0.717) is 27.7 Å². The van der Waals surface area contributed by atoms with Crippen molar-refractivity contribution in [1.29, 1.82) is 0 Å². The first kappa shape index (κ1) is 22.0. The van der Waals surface area contributed by atoms with Crippen LogP contribution in [0.1, 0.15) is 25.5 Å². The molecular weight excluding hydrogens is 415 g/mol. The fourth-order valence-corrected chi connectivity index (χ4v) is 3.48. The first-order chi connectivity index (χ1) is 12.5. The van der Waals surface area contributed by atoms with Crippen LogP contribution in [0.3, 0.4) is 0 Å². The van der Waals surface area contributed by atoms with E-state index in [4.69, 9.17) is 0 Å². The van der Waals surface area contributed by atoms with Crippen LogP contribution in [0.5, 0.6) is 0 Å². The number of hydrogen-bond donors (Lipinski definition) is 1. The lowest BCUT2D eigenvalue weighted by Gasteiger charge is -2.10. The molecule has 3 aromatic rings. The van der Waals surface area contributed by atoms with Gasteiger partial charge in [-0.2, -0.15) is 13.2 Å². The van der Waals surface area contributed by atoms with Crippen LogP contribution in [0.25, 0.3) is 22.0 Å². The fraction of sp³-hybridized carbons (Fsp3) is 0.278. The first-order valence-corrected chi connectivity index (χ1v) is 10.00. The molecule has 1 N–H and O–H groups in total. The molecule has 0 spiro atoms. The van der Waals surface area contributed by atoms with Crippen molar-refractivity contribution in [2.75, 3.05) is 11.0 Å². The summed E-state index contributed by atoms with van der Waals surface area (Å²) in [6.45, 7) is 3.87. The van der Waals surface area contributed by atoms with Crippen LogP contribution in [-0.2, 0) is 16.2 Å². The topological polar surface area (TPSA) is 64.0 Å². The monoisotopic (exact) mass is 433 g/mol. The molecule has 0 aliphatic rings. The maximum Gasteiger partial charge on any atom is 0.417 e. The molecule has 0 radical (unpaired) electrons. The van der Waals surface area contributed by atoms with Crippen LogP contribution >= 0.6 is 12.4 Å². The number of aromatic nitrogens is 2. The Hall–Kier alpha value is -2.26. The Morgan fingerprint density at radius 3 is 2.39 bits per heavy atom. The third-order valence-corrected chi connectivity index (χ3v) is 4.68. The lowest BCUT2D eigenvalue weighted by molar-refractivity contribution is -0.137. The van der Waals surface area contributed by atoms with Gasteiger partial charge in [0, 0.05) is 41.1 Å². The van der Waals surface area contributed by atoms with Crippen molar-refractivity contribution in [3.05, 3.63) is 48.4 Å². The van der Waals surface area contributed by atoms with Gasteiger partial charge in [0.25, 0.3) is 0 Å². The zero-order valence-corrected chi connectivity index (χ0v) is 16.9. The molecule has 2 aromatic heterocycles. The number of alkyl halides is 3. The fourth-order valence-electron chi connectivity index (χ4n) is 2.93. The molecule has 0 saturated carbocycles. The second-order valence-corrected chi connectivity index (χ2v) is 8.36. The lowest BCUT2D eigenvalue weighted by atomic mass is 10.0. The molecule has 0 bridgehead atoms. The Bertz CT molecular complexity index is 1110. The minimum absolute atomic E-state index is 0. The smallest absolute Gasteiger partial charge is 0.344 e. The molecule has 0 saturated heterocycles. The van der Waals surface area contributed by atoms with Gasteiger partial charge in [0.05, 0.1) is 23.0 Å². The summed E-state index contributed by atoms with van der Waals surface area (Å²) in [5.41, 5.74) is 1.23. The van der Waals surface area contributed by atoms with Gasteiger partial charge in [-0.05, 0) is 32.0 Å². The van der Waals surface area contributed by atoms with Crippen LogP contribution in [-0.4, -0.2) is 24.2 Å². The third kappa shape index (κ3) is 4.59.